The summed E-state index contributed by atoms with van der Waals surface area (Å²) in [5.74, 6) is 0.641. The Bertz CT molecular complexity index is 450. The van der Waals surface area contributed by atoms with Crippen LogP contribution in [0.2, 0.25) is 0 Å². The zero-order chi connectivity index (χ0) is 15.1. The first-order valence-electron chi connectivity index (χ1n) is 7.69. The van der Waals surface area contributed by atoms with Crippen LogP contribution in [0.4, 0.5) is 4.79 Å². The molecule has 2 rings (SSSR count). The maximum absolute atomic E-state index is 11.7. The topological polar surface area (TPSA) is 63.2 Å². The van der Waals surface area contributed by atoms with Gasteiger partial charge in [0.1, 0.15) is 0 Å². The highest BCUT2D eigenvalue weighted by Gasteiger charge is 2.21. The molecule has 5 nitrogen and oxygen atoms in total. The smallest absolute Gasteiger partial charge is 0.315 e. The standard InChI is InChI=1S/C15H25N3O2S/c1-11-5-3-4-6-13(11)20-8-7-16-15(19)17-9-14-12(2)18-10-21-14/h10-11,13H,3-9H2,1-2H3,(H2,16,17,19)/t11-,13-/m0/s1. The lowest BCUT2D eigenvalue weighted by Gasteiger charge is -2.28. The van der Waals surface area contributed by atoms with Crippen molar-refractivity contribution >= 4 is 17.4 Å². The van der Waals surface area contributed by atoms with Gasteiger partial charge in [-0.25, -0.2) is 9.78 Å². The van der Waals surface area contributed by atoms with Crippen molar-refractivity contribution < 1.29 is 9.53 Å². The van der Waals surface area contributed by atoms with E-state index in [1.54, 1.807) is 16.8 Å². The van der Waals surface area contributed by atoms with E-state index in [0.29, 0.717) is 31.7 Å². The second-order valence-corrected chi connectivity index (χ2v) is 6.58. The second-order valence-electron chi connectivity index (χ2n) is 5.64. The largest absolute Gasteiger partial charge is 0.376 e. The third kappa shape index (κ3) is 5.28. The summed E-state index contributed by atoms with van der Waals surface area (Å²) in [5.41, 5.74) is 2.78. The van der Waals surface area contributed by atoms with Crippen LogP contribution in [0.1, 0.15) is 43.2 Å². The first-order valence-corrected chi connectivity index (χ1v) is 8.57. The maximum atomic E-state index is 11.7. The molecule has 118 valence electrons. The van der Waals surface area contributed by atoms with Crippen LogP contribution >= 0.6 is 11.3 Å². The van der Waals surface area contributed by atoms with Crippen molar-refractivity contribution in [2.45, 2.75) is 52.2 Å². The summed E-state index contributed by atoms with van der Waals surface area (Å²) in [4.78, 5) is 16.9. The molecule has 0 aromatic carbocycles. The third-order valence-corrected chi connectivity index (χ3v) is 4.94. The monoisotopic (exact) mass is 311 g/mol. The zero-order valence-electron chi connectivity index (χ0n) is 12.9. The van der Waals surface area contributed by atoms with Gasteiger partial charge in [-0.15, -0.1) is 11.3 Å². The number of urea groups is 1. The molecular formula is C15H25N3O2S. The van der Waals surface area contributed by atoms with Gasteiger partial charge < -0.3 is 15.4 Å². The van der Waals surface area contributed by atoms with Gasteiger partial charge in [0, 0.05) is 11.4 Å². The fourth-order valence-electron chi connectivity index (χ4n) is 2.62. The molecule has 0 unspecified atom stereocenters. The number of nitrogens with one attached hydrogen (secondary N) is 2. The number of hydrogen-bond acceptors (Lipinski definition) is 4. The summed E-state index contributed by atoms with van der Waals surface area (Å²) < 4.78 is 5.86. The van der Waals surface area contributed by atoms with E-state index in [1.165, 1.54) is 19.3 Å². The molecule has 0 radical (unpaired) electrons. The average molecular weight is 311 g/mol. The lowest BCUT2D eigenvalue weighted by molar-refractivity contribution is -0.00243. The number of hydrogen-bond donors (Lipinski definition) is 2. The lowest BCUT2D eigenvalue weighted by atomic mass is 9.88. The summed E-state index contributed by atoms with van der Waals surface area (Å²) >= 11 is 1.56. The predicted molar refractivity (Wildman–Crippen MR) is 84.5 cm³/mol. The molecule has 0 spiro atoms. The molecule has 0 bridgehead atoms. The zero-order valence-corrected chi connectivity index (χ0v) is 13.7. The van der Waals surface area contributed by atoms with E-state index in [-0.39, 0.29) is 6.03 Å². The lowest BCUT2D eigenvalue weighted by Crippen LogP contribution is -2.38. The Kier molecular flexibility index (Phi) is 6.45. The molecule has 1 aromatic heterocycles. The molecule has 0 aliphatic heterocycles. The Balaban J connectivity index is 1.56. The number of thiazole rings is 1. The van der Waals surface area contributed by atoms with Gasteiger partial charge >= 0.3 is 6.03 Å². The quantitative estimate of drug-likeness (QED) is 0.794. The van der Waals surface area contributed by atoms with Crippen LogP contribution < -0.4 is 10.6 Å². The average Bonchev–Trinajstić information content (AvgIpc) is 2.88. The van der Waals surface area contributed by atoms with Crippen LogP contribution in [-0.4, -0.2) is 30.3 Å². The normalized spacial score (nSPS) is 22.0. The summed E-state index contributed by atoms with van der Waals surface area (Å²) in [5, 5.41) is 5.67. The van der Waals surface area contributed by atoms with E-state index in [1.807, 2.05) is 6.92 Å². The van der Waals surface area contributed by atoms with Crippen molar-refractivity contribution in [2.24, 2.45) is 5.92 Å². The minimum atomic E-state index is -0.150. The van der Waals surface area contributed by atoms with Crippen LogP contribution in [0.25, 0.3) is 0 Å². The number of carbonyl (C=O) groups excluding carboxylic acids is 1. The molecule has 1 aliphatic carbocycles. The van der Waals surface area contributed by atoms with Crippen LogP contribution in [0.3, 0.4) is 0 Å². The Morgan fingerprint density at radius 3 is 2.95 bits per heavy atom. The van der Waals surface area contributed by atoms with E-state index in [9.17, 15) is 4.79 Å². The highest BCUT2D eigenvalue weighted by Crippen LogP contribution is 2.25. The fraction of sp³-hybridized carbons (Fsp3) is 0.733. The van der Waals surface area contributed by atoms with Crippen molar-refractivity contribution in [1.29, 1.82) is 0 Å². The predicted octanol–water partition coefficient (Wildman–Crippen LogP) is 2.85. The number of aromatic nitrogens is 1. The van der Waals surface area contributed by atoms with Crippen molar-refractivity contribution in [3.05, 3.63) is 16.1 Å². The number of nitrogens with zero attached hydrogens (tertiary/aromatic N) is 1. The number of ether oxygens (including phenoxy) is 1. The molecule has 6 heteroatoms. The Morgan fingerprint density at radius 1 is 1.43 bits per heavy atom. The first kappa shape index (κ1) is 16.2. The molecule has 0 saturated heterocycles. The highest BCUT2D eigenvalue weighted by atomic mass is 32.1. The SMILES string of the molecule is Cc1ncsc1CNC(=O)NCCO[C@H]1CCCC[C@@H]1C. The molecule has 2 amide bonds. The molecule has 21 heavy (non-hydrogen) atoms. The van der Waals surface area contributed by atoms with Crippen LogP contribution in [0, 0.1) is 12.8 Å². The minimum absolute atomic E-state index is 0.150. The number of aryl methyl sites for hydroxylation is 1. The maximum Gasteiger partial charge on any atom is 0.315 e. The molecule has 1 aromatic rings. The third-order valence-electron chi connectivity index (χ3n) is 4.01. The molecule has 1 saturated carbocycles. The van der Waals surface area contributed by atoms with Gasteiger partial charge in [0.05, 0.1) is 30.5 Å². The minimum Gasteiger partial charge on any atom is -0.376 e. The summed E-state index contributed by atoms with van der Waals surface area (Å²) in [7, 11) is 0. The first-order chi connectivity index (χ1) is 10.2. The summed E-state index contributed by atoms with van der Waals surface area (Å²) in [6.45, 7) is 5.87. The van der Waals surface area contributed by atoms with Gasteiger partial charge in [0.2, 0.25) is 0 Å². The van der Waals surface area contributed by atoms with Gasteiger partial charge in [-0.05, 0) is 25.7 Å². The van der Waals surface area contributed by atoms with E-state index >= 15 is 0 Å². The summed E-state index contributed by atoms with van der Waals surface area (Å²) in [6.07, 6.45) is 5.35. The molecule has 1 heterocycles. The van der Waals surface area contributed by atoms with E-state index in [2.05, 4.69) is 22.5 Å². The van der Waals surface area contributed by atoms with Crippen LogP contribution in [-0.2, 0) is 11.3 Å². The van der Waals surface area contributed by atoms with Gasteiger partial charge in [-0.2, -0.15) is 0 Å². The fourth-order valence-corrected chi connectivity index (χ4v) is 3.34. The molecular weight excluding hydrogens is 286 g/mol. The molecule has 2 N–H and O–H groups in total. The van der Waals surface area contributed by atoms with E-state index in [0.717, 1.165) is 17.0 Å². The number of amides is 2. The van der Waals surface area contributed by atoms with Crippen molar-refractivity contribution in [2.75, 3.05) is 13.2 Å². The second kappa shape index (κ2) is 8.34. The van der Waals surface area contributed by atoms with Crippen molar-refractivity contribution in [3.63, 3.8) is 0 Å². The molecule has 1 aliphatic rings. The van der Waals surface area contributed by atoms with E-state index in [4.69, 9.17) is 4.74 Å². The Hall–Kier alpha value is -1.14. The van der Waals surface area contributed by atoms with Gasteiger partial charge in [0.15, 0.2) is 0 Å². The van der Waals surface area contributed by atoms with E-state index < -0.39 is 0 Å². The molecule has 2 atom stereocenters. The van der Waals surface area contributed by atoms with Gasteiger partial charge in [-0.3, -0.25) is 0 Å². The van der Waals surface area contributed by atoms with Crippen LogP contribution in [0.5, 0.6) is 0 Å². The number of carbonyl (C=O) groups is 1. The van der Waals surface area contributed by atoms with Crippen LogP contribution in [0.15, 0.2) is 5.51 Å². The molecule has 1 fully saturated rings. The highest BCUT2D eigenvalue weighted by molar-refractivity contribution is 7.09. The van der Waals surface area contributed by atoms with Gasteiger partial charge in [-0.1, -0.05) is 19.8 Å². The summed E-state index contributed by atoms with van der Waals surface area (Å²) in [6, 6.07) is -0.150. The number of rotatable bonds is 6. The Morgan fingerprint density at radius 2 is 2.24 bits per heavy atom. The van der Waals surface area contributed by atoms with Crippen molar-refractivity contribution in [1.82, 2.24) is 15.6 Å². The van der Waals surface area contributed by atoms with Crippen molar-refractivity contribution in [3.8, 4) is 0 Å². The van der Waals surface area contributed by atoms with Gasteiger partial charge in [0.25, 0.3) is 0 Å². The Labute approximate surface area is 130 Å².